The first-order chi connectivity index (χ1) is 17.8. The van der Waals surface area contributed by atoms with Crippen LogP contribution in [0.25, 0.3) is 0 Å². The monoisotopic (exact) mass is 527 g/mol. The molecule has 0 aliphatic carbocycles. The number of hydrogen-bond acceptors (Lipinski definition) is 4. The molecule has 0 aliphatic heterocycles. The molecular weight excluding hydrogens is 486 g/mol. The Bertz CT molecular complexity index is 1380. The van der Waals surface area contributed by atoms with Crippen molar-refractivity contribution >= 4 is 11.3 Å². The highest BCUT2D eigenvalue weighted by atomic mass is 32.1. The zero-order valence-corrected chi connectivity index (χ0v) is 24.5. The van der Waals surface area contributed by atoms with Crippen LogP contribution >= 0.6 is 11.3 Å². The van der Waals surface area contributed by atoms with Gasteiger partial charge in [0.05, 0.1) is 0 Å². The molecule has 38 heavy (non-hydrogen) atoms. The van der Waals surface area contributed by atoms with Gasteiger partial charge >= 0.3 is 0 Å². The second-order valence-corrected chi connectivity index (χ2v) is 13.3. The van der Waals surface area contributed by atoms with Crippen molar-refractivity contribution in [2.45, 2.75) is 71.8 Å². The molecule has 0 amide bonds. The van der Waals surface area contributed by atoms with E-state index < -0.39 is 0 Å². The van der Waals surface area contributed by atoms with E-state index in [2.05, 4.69) is 102 Å². The van der Waals surface area contributed by atoms with Crippen molar-refractivity contribution in [3.8, 4) is 11.5 Å². The molecule has 3 aromatic carbocycles. The first-order valence-corrected chi connectivity index (χ1v) is 14.2. The fourth-order valence-corrected chi connectivity index (χ4v) is 6.24. The van der Waals surface area contributed by atoms with Gasteiger partial charge in [-0.2, -0.15) is 11.3 Å². The summed E-state index contributed by atoms with van der Waals surface area (Å²) in [5, 5.41) is 25.3. The van der Waals surface area contributed by atoms with Crippen LogP contribution < -0.4 is 5.73 Å². The summed E-state index contributed by atoms with van der Waals surface area (Å²) in [6.45, 7) is 15.8. The molecule has 0 saturated heterocycles. The van der Waals surface area contributed by atoms with E-state index in [1.807, 2.05) is 12.1 Å². The lowest BCUT2D eigenvalue weighted by Gasteiger charge is -2.34. The largest absolute Gasteiger partial charge is 0.508 e. The highest BCUT2D eigenvalue weighted by molar-refractivity contribution is 7.08. The third-order valence-electron chi connectivity index (χ3n) is 8.13. The van der Waals surface area contributed by atoms with E-state index in [1.165, 1.54) is 16.7 Å². The number of aromatic hydroxyl groups is 2. The van der Waals surface area contributed by atoms with Gasteiger partial charge in [0.25, 0.3) is 0 Å². The summed E-state index contributed by atoms with van der Waals surface area (Å²) in [5.41, 5.74) is 13.2. The summed E-state index contributed by atoms with van der Waals surface area (Å²) < 4.78 is 0. The van der Waals surface area contributed by atoms with Crippen LogP contribution in [0.5, 0.6) is 11.5 Å². The van der Waals surface area contributed by atoms with Crippen LogP contribution in [-0.4, -0.2) is 10.2 Å². The van der Waals surface area contributed by atoms with Gasteiger partial charge in [0.15, 0.2) is 0 Å². The van der Waals surface area contributed by atoms with Gasteiger partial charge in [0.2, 0.25) is 0 Å². The average Bonchev–Trinajstić information content (AvgIpc) is 3.38. The van der Waals surface area contributed by atoms with Crippen LogP contribution in [0.4, 0.5) is 0 Å². The number of nitrogens with two attached hydrogens (primary N) is 1. The molecule has 1 heterocycles. The summed E-state index contributed by atoms with van der Waals surface area (Å²) in [5.74, 6) is 0.631. The van der Waals surface area contributed by atoms with E-state index in [1.54, 1.807) is 23.5 Å². The van der Waals surface area contributed by atoms with Crippen LogP contribution in [-0.2, 0) is 17.4 Å². The molecule has 0 radical (unpaired) electrons. The summed E-state index contributed by atoms with van der Waals surface area (Å²) in [4.78, 5) is 0. The molecule has 0 spiro atoms. The second kappa shape index (κ2) is 10.2. The van der Waals surface area contributed by atoms with Crippen molar-refractivity contribution in [1.82, 2.24) is 0 Å². The predicted octanol–water partition coefficient (Wildman–Crippen LogP) is 8.45. The van der Waals surface area contributed by atoms with Gasteiger partial charge in [-0.1, -0.05) is 90.9 Å². The quantitative estimate of drug-likeness (QED) is 0.226. The van der Waals surface area contributed by atoms with Crippen molar-refractivity contribution in [2.24, 2.45) is 11.1 Å². The number of phenolic OH excluding ortho intramolecular Hbond substituents is 2. The molecule has 4 heteroatoms. The summed E-state index contributed by atoms with van der Waals surface area (Å²) >= 11 is 1.68. The number of rotatable bonds is 7. The van der Waals surface area contributed by atoms with Gasteiger partial charge in [-0.3, -0.25) is 0 Å². The molecule has 0 bridgehead atoms. The SMILES string of the molecule is CC(C)(c1ccc(O)cc1)c1ccc(C(C)(C)c2cc(CN)c(O)c(C(c3ccsc3)C(C)(C)C)c2)cc1. The van der Waals surface area contributed by atoms with Gasteiger partial charge < -0.3 is 15.9 Å². The van der Waals surface area contributed by atoms with Crippen LogP contribution in [0.3, 0.4) is 0 Å². The third-order valence-corrected chi connectivity index (χ3v) is 8.83. The van der Waals surface area contributed by atoms with E-state index in [0.29, 0.717) is 5.75 Å². The Balaban J connectivity index is 1.77. The molecule has 4 N–H and O–H groups in total. The average molecular weight is 528 g/mol. The van der Waals surface area contributed by atoms with Gasteiger partial charge in [-0.25, -0.2) is 0 Å². The molecule has 200 valence electrons. The number of hydrogen-bond donors (Lipinski definition) is 3. The lowest BCUT2D eigenvalue weighted by molar-refractivity contribution is 0.346. The Hall–Kier alpha value is -3.08. The molecule has 4 aromatic rings. The van der Waals surface area contributed by atoms with Crippen LogP contribution in [0.1, 0.15) is 93.3 Å². The summed E-state index contributed by atoms with van der Waals surface area (Å²) in [6, 6.07) is 22.7. The number of benzene rings is 3. The Morgan fingerprint density at radius 2 is 1.21 bits per heavy atom. The van der Waals surface area contributed by atoms with Crippen molar-refractivity contribution in [3.05, 3.63) is 116 Å². The minimum atomic E-state index is -0.301. The van der Waals surface area contributed by atoms with E-state index in [4.69, 9.17) is 5.73 Å². The lowest BCUT2D eigenvalue weighted by atomic mass is 9.70. The number of phenols is 2. The van der Waals surface area contributed by atoms with Crippen molar-refractivity contribution < 1.29 is 10.2 Å². The van der Waals surface area contributed by atoms with E-state index in [-0.39, 0.29) is 34.5 Å². The van der Waals surface area contributed by atoms with E-state index >= 15 is 0 Å². The van der Waals surface area contributed by atoms with Crippen LogP contribution in [0.2, 0.25) is 0 Å². The Kier molecular flexibility index (Phi) is 7.53. The molecule has 0 aliphatic rings. The van der Waals surface area contributed by atoms with E-state index in [9.17, 15) is 10.2 Å². The third kappa shape index (κ3) is 5.25. The highest BCUT2D eigenvalue weighted by Gasteiger charge is 2.34. The normalized spacial score (nSPS) is 13.5. The van der Waals surface area contributed by atoms with Gasteiger partial charge in [-0.15, -0.1) is 0 Å². The van der Waals surface area contributed by atoms with Gasteiger partial charge in [0.1, 0.15) is 11.5 Å². The molecule has 3 nitrogen and oxygen atoms in total. The Morgan fingerprint density at radius 1 is 0.711 bits per heavy atom. The standard InChI is InChI=1S/C34H41NO2S/c1-32(2,3)30(22-16-17-38-21-22)29-19-27(18-23(20-35)31(29)37)34(6,7)25-10-8-24(9-11-25)33(4,5)26-12-14-28(36)15-13-26/h8-19,21,30,36-37H,20,35H2,1-7H3. The Labute approximate surface area is 232 Å². The summed E-state index contributed by atoms with van der Waals surface area (Å²) in [6.07, 6.45) is 0. The topological polar surface area (TPSA) is 66.5 Å². The zero-order chi connectivity index (χ0) is 27.9. The number of thiophene rings is 1. The zero-order valence-electron chi connectivity index (χ0n) is 23.7. The maximum Gasteiger partial charge on any atom is 0.123 e. The summed E-state index contributed by atoms with van der Waals surface area (Å²) in [7, 11) is 0. The minimum Gasteiger partial charge on any atom is -0.508 e. The maximum absolute atomic E-state index is 11.3. The van der Waals surface area contributed by atoms with Crippen molar-refractivity contribution in [1.29, 1.82) is 0 Å². The molecule has 1 aromatic heterocycles. The predicted molar refractivity (Wildman–Crippen MR) is 160 cm³/mol. The van der Waals surface area contributed by atoms with Gasteiger partial charge in [-0.05, 0) is 68.3 Å². The molecule has 4 rings (SSSR count). The maximum atomic E-state index is 11.3. The minimum absolute atomic E-state index is 0.0447. The fraction of sp³-hybridized carbons (Fsp3) is 0.353. The lowest BCUT2D eigenvalue weighted by Crippen LogP contribution is -2.24. The Morgan fingerprint density at radius 3 is 1.66 bits per heavy atom. The molecule has 0 fully saturated rings. The first-order valence-electron chi connectivity index (χ1n) is 13.3. The fourth-order valence-electron chi connectivity index (χ4n) is 5.56. The first kappa shape index (κ1) is 27.9. The molecule has 0 saturated carbocycles. The molecule has 1 atom stereocenters. The smallest absolute Gasteiger partial charge is 0.123 e. The highest BCUT2D eigenvalue weighted by Crippen LogP contribution is 2.47. The molecular formula is C34H41NO2S. The second-order valence-electron chi connectivity index (χ2n) is 12.5. The van der Waals surface area contributed by atoms with Crippen molar-refractivity contribution in [3.63, 3.8) is 0 Å². The van der Waals surface area contributed by atoms with E-state index in [0.717, 1.165) is 22.3 Å². The molecule has 1 unspecified atom stereocenters. The van der Waals surface area contributed by atoms with Crippen molar-refractivity contribution in [2.75, 3.05) is 0 Å². The van der Waals surface area contributed by atoms with Crippen LogP contribution in [0, 0.1) is 5.41 Å². The van der Waals surface area contributed by atoms with Crippen LogP contribution in [0.15, 0.2) is 77.5 Å². The van der Waals surface area contributed by atoms with Gasteiger partial charge in [0, 0.05) is 34.4 Å².